The van der Waals surface area contributed by atoms with Gasteiger partial charge in [0.2, 0.25) is 6.29 Å². The Morgan fingerprint density at radius 3 is 2.50 bits per heavy atom. The van der Waals surface area contributed by atoms with Crippen molar-refractivity contribution in [2.45, 2.75) is 39.5 Å². The minimum atomic E-state index is 0.0801. The highest BCUT2D eigenvalue weighted by Gasteiger charge is 1.94. The zero-order valence-corrected chi connectivity index (χ0v) is 6.89. The Morgan fingerprint density at radius 1 is 1.30 bits per heavy atom. The maximum Gasteiger partial charge on any atom is 0.217 e. The van der Waals surface area contributed by atoms with Gasteiger partial charge >= 0.3 is 0 Å². The van der Waals surface area contributed by atoms with E-state index in [2.05, 4.69) is 6.92 Å². The van der Waals surface area contributed by atoms with Gasteiger partial charge in [-0.15, -0.1) is 0 Å². The summed E-state index contributed by atoms with van der Waals surface area (Å²) in [5, 5.41) is 8.60. The standard InChI is InChI=1S/C8H17O2/c1-3-4-5-6-7-10-8(2)9/h9H,3-7H2,1-2H3. The second-order valence-electron chi connectivity index (χ2n) is 2.43. The summed E-state index contributed by atoms with van der Waals surface area (Å²) in [5.74, 6) is 0. The zero-order chi connectivity index (χ0) is 7.82. The second-order valence-corrected chi connectivity index (χ2v) is 2.43. The molecule has 0 rings (SSSR count). The molecule has 2 heteroatoms. The first-order valence-electron chi connectivity index (χ1n) is 3.92. The number of hydrogen-bond donors (Lipinski definition) is 1. The highest BCUT2D eigenvalue weighted by molar-refractivity contribution is 4.48. The van der Waals surface area contributed by atoms with E-state index in [4.69, 9.17) is 9.84 Å². The van der Waals surface area contributed by atoms with E-state index < -0.39 is 0 Å². The molecule has 0 saturated heterocycles. The molecule has 0 aromatic heterocycles. The van der Waals surface area contributed by atoms with Crippen LogP contribution >= 0.6 is 0 Å². The van der Waals surface area contributed by atoms with Crippen LogP contribution in [0.2, 0.25) is 0 Å². The Kier molecular flexibility index (Phi) is 6.98. The quantitative estimate of drug-likeness (QED) is 0.582. The third-order valence-electron chi connectivity index (χ3n) is 1.31. The van der Waals surface area contributed by atoms with Gasteiger partial charge in [0.15, 0.2) is 0 Å². The Hall–Kier alpha value is -0.0800. The van der Waals surface area contributed by atoms with E-state index in [1.807, 2.05) is 0 Å². The summed E-state index contributed by atoms with van der Waals surface area (Å²) in [6, 6.07) is 0. The van der Waals surface area contributed by atoms with Gasteiger partial charge in [0.1, 0.15) is 0 Å². The number of ether oxygens (including phenoxy) is 1. The minimum Gasteiger partial charge on any atom is -0.362 e. The summed E-state index contributed by atoms with van der Waals surface area (Å²) in [7, 11) is 0. The van der Waals surface area contributed by atoms with Crippen molar-refractivity contribution in [1.29, 1.82) is 0 Å². The van der Waals surface area contributed by atoms with Gasteiger partial charge in [0, 0.05) is 0 Å². The Bertz CT molecular complexity index is 62.3. The normalized spacial score (nSPS) is 10.8. The molecule has 0 bridgehead atoms. The van der Waals surface area contributed by atoms with E-state index in [0.717, 1.165) is 6.42 Å². The fraction of sp³-hybridized carbons (Fsp3) is 0.875. The molecule has 0 unspecified atom stereocenters. The van der Waals surface area contributed by atoms with Crippen LogP contribution in [0.15, 0.2) is 0 Å². The molecule has 1 radical (unpaired) electrons. The number of aliphatic hydroxyl groups excluding tert-OH is 1. The van der Waals surface area contributed by atoms with Crippen molar-refractivity contribution in [2.75, 3.05) is 6.61 Å². The van der Waals surface area contributed by atoms with E-state index in [1.54, 1.807) is 6.92 Å². The van der Waals surface area contributed by atoms with Crippen molar-refractivity contribution in [2.24, 2.45) is 0 Å². The first-order valence-corrected chi connectivity index (χ1v) is 3.92. The molecule has 0 aromatic carbocycles. The summed E-state index contributed by atoms with van der Waals surface area (Å²) < 4.78 is 4.86. The molecule has 0 fully saturated rings. The lowest BCUT2D eigenvalue weighted by atomic mass is 10.2. The van der Waals surface area contributed by atoms with Gasteiger partial charge < -0.3 is 9.84 Å². The molecule has 10 heavy (non-hydrogen) atoms. The Labute approximate surface area is 63.2 Å². The van der Waals surface area contributed by atoms with Crippen LogP contribution in [0.3, 0.4) is 0 Å². The van der Waals surface area contributed by atoms with Crippen molar-refractivity contribution < 1.29 is 9.84 Å². The number of aliphatic hydroxyl groups is 1. The average Bonchev–Trinajstić information content (AvgIpc) is 1.87. The van der Waals surface area contributed by atoms with Gasteiger partial charge in [-0.25, -0.2) is 0 Å². The minimum absolute atomic E-state index is 0.0801. The van der Waals surface area contributed by atoms with Crippen LogP contribution in [0.25, 0.3) is 0 Å². The average molecular weight is 145 g/mol. The molecule has 0 aliphatic heterocycles. The molecule has 0 amide bonds. The van der Waals surface area contributed by atoms with Gasteiger partial charge in [-0.3, -0.25) is 0 Å². The lowest BCUT2D eigenvalue weighted by molar-refractivity contribution is 0.0133. The van der Waals surface area contributed by atoms with Crippen molar-refractivity contribution in [3.63, 3.8) is 0 Å². The molecule has 0 atom stereocenters. The molecule has 2 nitrogen and oxygen atoms in total. The molecular formula is C8H17O2. The van der Waals surface area contributed by atoms with Crippen LogP contribution in [-0.4, -0.2) is 11.7 Å². The predicted molar refractivity (Wildman–Crippen MR) is 40.9 cm³/mol. The molecule has 0 aromatic rings. The number of hydrogen-bond acceptors (Lipinski definition) is 2. The molecule has 1 N–H and O–H groups in total. The SMILES string of the molecule is CCCCCCO[C](C)O. The summed E-state index contributed by atoms with van der Waals surface area (Å²) in [4.78, 5) is 0. The van der Waals surface area contributed by atoms with E-state index in [0.29, 0.717) is 6.61 Å². The summed E-state index contributed by atoms with van der Waals surface area (Å²) in [5.41, 5.74) is 0. The predicted octanol–water partition coefficient (Wildman–Crippen LogP) is 2.47. The van der Waals surface area contributed by atoms with Gasteiger partial charge in [-0.05, 0) is 13.3 Å². The van der Waals surface area contributed by atoms with E-state index >= 15 is 0 Å². The smallest absolute Gasteiger partial charge is 0.217 e. The first kappa shape index (κ1) is 9.92. The lowest BCUT2D eigenvalue weighted by Gasteiger charge is -2.03. The zero-order valence-electron chi connectivity index (χ0n) is 6.89. The topological polar surface area (TPSA) is 29.5 Å². The molecule has 0 heterocycles. The van der Waals surface area contributed by atoms with Crippen LogP contribution in [-0.2, 0) is 4.74 Å². The van der Waals surface area contributed by atoms with Crippen molar-refractivity contribution in [3.05, 3.63) is 6.29 Å². The number of unbranched alkanes of at least 4 members (excludes halogenated alkanes) is 3. The van der Waals surface area contributed by atoms with Crippen LogP contribution < -0.4 is 0 Å². The molecule has 0 aliphatic carbocycles. The van der Waals surface area contributed by atoms with Gasteiger partial charge in [-0.1, -0.05) is 26.2 Å². The first-order chi connectivity index (χ1) is 4.77. The van der Waals surface area contributed by atoms with Crippen LogP contribution in [0.1, 0.15) is 39.5 Å². The van der Waals surface area contributed by atoms with Gasteiger partial charge in [-0.2, -0.15) is 0 Å². The van der Waals surface area contributed by atoms with Gasteiger partial charge in [0.25, 0.3) is 0 Å². The highest BCUT2D eigenvalue weighted by atomic mass is 16.6. The largest absolute Gasteiger partial charge is 0.362 e. The lowest BCUT2D eigenvalue weighted by Crippen LogP contribution is -1.98. The second kappa shape index (κ2) is 7.03. The maximum atomic E-state index is 8.60. The summed E-state index contributed by atoms with van der Waals surface area (Å²) >= 11 is 0. The van der Waals surface area contributed by atoms with Crippen LogP contribution in [0.4, 0.5) is 0 Å². The molecule has 0 saturated carbocycles. The Morgan fingerprint density at radius 2 is 2.00 bits per heavy atom. The fourth-order valence-electron chi connectivity index (χ4n) is 0.749. The molecular weight excluding hydrogens is 128 g/mol. The highest BCUT2D eigenvalue weighted by Crippen LogP contribution is 2.01. The van der Waals surface area contributed by atoms with Crippen molar-refractivity contribution in [3.8, 4) is 0 Å². The van der Waals surface area contributed by atoms with E-state index in [1.165, 1.54) is 19.3 Å². The van der Waals surface area contributed by atoms with Crippen molar-refractivity contribution >= 4 is 0 Å². The van der Waals surface area contributed by atoms with Crippen molar-refractivity contribution in [1.82, 2.24) is 0 Å². The Balaban J connectivity index is 2.77. The maximum absolute atomic E-state index is 8.60. The van der Waals surface area contributed by atoms with Gasteiger partial charge in [0.05, 0.1) is 6.61 Å². The summed E-state index contributed by atoms with van der Waals surface area (Å²) in [6.45, 7) is 4.38. The summed E-state index contributed by atoms with van der Waals surface area (Å²) in [6.07, 6.45) is 4.82. The third kappa shape index (κ3) is 7.92. The van der Waals surface area contributed by atoms with Crippen LogP contribution in [0.5, 0.6) is 0 Å². The number of rotatable bonds is 6. The molecule has 0 aliphatic rings. The third-order valence-corrected chi connectivity index (χ3v) is 1.31. The van der Waals surface area contributed by atoms with E-state index in [-0.39, 0.29) is 6.29 Å². The van der Waals surface area contributed by atoms with E-state index in [9.17, 15) is 0 Å². The van der Waals surface area contributed by atoms with Crippen LogP contribution in [0, 0.1) is 6.29 Å². The monoisotopic (exact) mass is 145 g/mol. The molecule has 0 spiro atoms. The fourth-order valence-corrected chi connectivity index (χ4v) is 0.749. The molecule has 61 valence electrons.